The largest absolute Gasteiger partial charge is 0.489 e. The monoisotopic (exact) mass is 210 g/mol. The smallest absolute Gasteiger partial charge is 0.119 e. The number of benzene rings is 1. The summed E-state index contributed by atoms with van der Waals surface area (Å²) >= 11 is 6.21. The number of hydrogen-bond acceptors (Lipinski definition) is 1. The van der Waals surface area contributed by atoms with Crippen molar-refractivity contribution in [2.24, 2.45) is 0 Å². The van der Waals surface area contributed by atoms with Gasteiger partial charge in [-0.05, 0) is 31.4 Å². The highest BCUT2D eigenvalue weighted by Crippen LogP contribution is 2.27. The molecule has 1 fully saturated rings. The molecule has 0 aliphatic heterocycles. The van der Waals surface area contributed by atoms with Crippen LogP contribution in [0.2, 0.25) is 0 Å². The van der Waals surface area contributed by atoms with E-state index in [1.54, 1.807) is 0 Å². The first-order valence-corrected chi connectivity index (χ1v) is 5.65. The lowest BCUT2D eigenvalue weighted by molar-refractivity contribution is 0.159. The maximum absolute atomic E-state index is 6.21. The van der Waals surface area contributed by atoms with Gasteiger partial charge in [-0.15, -0.1) is 11.6 Å². The van der Waals surface area contributed by atoms with Crippen LogP contribution in [-0.4, -0.2) is 11.5 Å². The molecule has 0 unspecified atom stereocenters. The van der Waals surface area contributed by atoms with Gasteiger partial charge in [0.25, 0.3) is 0 Å². The van der Waals surface area contributed by atoms with Gasteiger partial charge < -0.3 is 4.74 Å². The molecular formula is C12H15ClO. The topological polar surface area (TPSA) is 9.23 Å². The molecule has 1 aromatic carbocycles. The second-order valence-corrected chi connectivity index (χ2v) is 4.33. The van der Waals surface area contributed by atoms with Crippen LogP contribution in [0.3, 0.4) is 0 Å². The maximum atomic E-state index is 6.21. The number of ether oxygens (including phenoxy) is 1. The number of alkyl halides is 1. The summed E-state index contributed by atoms with van der Waals surface area (Å²) in [5, 5.41) is 0.184. The Bertz CT molecular complexity index is 273. The molecule has 1 aromatic rings. The third kappa shape index (κ3) is 2.42. The molecule has 0 spiro atoms. The molecule has 0 saturated heterocycles. The Morgan fingerprint density at radius 2 is 1.79 bits per heavy atom. The van der Waals surface area contributed by atoms with E-state index in [0.29, 0.717) is 0 Å². The minimum absolute atomic E-state index is 0.184. The van der Waals surface area contributed by atoms with Crippen molar-refractivity contribution in [1.29, 1.82) is 0 Å². The molecule has 76 valence electrons. The van der Waals surface area contributed by atoms with Gasteiger partial charge in [-0.1, -0.05) is 24.6 Å². The molecule has 14 heavy (non-hydrogen) atoms. The Morgan fingerprint density at radius 3 is 2.50 bits per heavy atom. The molecule has 1 aliphatic carbocycles. The Morgan fingerprint density at radius 1 is 1.07 bits per heavy atom. The van der Waals surface area contributed by atoms with E-state index in [0.717, 1.165) is 18.6 Å². The molecule has 1 saturated carbocycles. The predicted molar refractivity (Wildman–Crippen MR) is 59.0 cm³/mol. The molecule has 0 bridgehead atoms. The van der Waals surface area contributed by atoms with Crippen molar-refractivity contribution in [2.75, 3.05) is 0 Å². The van der Waals surface area contributed by atoms with Gasteiger partial charge in [0.15, 0.2) is 0 Å². The molecule has 0 radical (unpaired) electrons. The maximum Gasteiger partial charge on any atom is 0.119 e. The van der Waals surface area contributed by atoms with E-state index < -0.39 is 0 Å². The molecule has 2 rings (SSSR count). The van der Waals surface area contributed by atoms with Crippen molar-refractivity contribution >= 4 is 11.6 Å². The molecule has 0 heterocycles. The summed E-state index contributed by atoms with van der Waals surface area (Å²) in [5.41, 5.74) is 0. The molecular weight excluding hydrogens is 196 g/mol. The van der Waals surface area contributed by atoms with Gasteiger partial charge in [-0.25, -0.2) is 0 Å². The summed E-state index contributed by atoms with van der Waals surface area (Å²) in [6.07, 6.45) is 4.85. The van der Waals surface area contributed by atoms with Crippen LogP contribution in [0.25, 0.3) is 0 Å². The normalized spacial score (nSPS) is 27.2. The number of para-hydroxylation sites is 1. The second kappa shape index (κ2) is 4.70. The summed E-state index contributed by atoms with van der Waals surface area (Å²) < 4.78 is 5.84. The van der Waals surface area contributed by atoms with E-state index in [-0.39, 0.29) is 11.5 Å². The molecule has 0 aromatic heterocycles. The number of rotatable bonds is 2. The van der Waals surface area contributed by atoms with Crippen molar-refractivity contribution in [3.8, 4) is 5.75 Å². The minimum Gasteiger partial charge on any atom is -0.489 e. The van der Waals surface area contributed by atoms with Gasteiger partial charge in [0, 0.05) is 0 Å². The molecule has 2 heteroatoms. The number of halogens is 1. The quantitative estimate of drug-likeness (QED) is 0.678. The van der Waals surface area contributed by atoms with Crippen LogP contribution >= 0.6 is 11.6 Å². The van der Waals surface area contributed by atoms with Crippen LogP contribution in [0.4, 0.5) is 0 Å². The minimum atomic E-state index is 0.184. The molecule has 1 nitrogen and oxygen atoms in total. The highest BCUT2D eigenvalue weighted by atomic mass is 35.5. The molecule has 0 N–H and O–H groups in total. The first kappa shape index (κ1) is 9.85. The number of hydrogen-bond donors (Lipinski definition) is 0. The van der Waals surface area contributed by atoms with Gasteiger partial charge in [-0.2, -0.15) is 0 Å². The molecule has 0 amide bonds. The van der Waals surface area contributed by atoms with Crippen molar-refractivity contribution < 1.29 is 4.74 Å². The van der Waals surface area contributed by atoms with Crippen LogP contribution in [-0.2, 0) is 0 Å². The fraction of sp³-hybridized carbons (Fsp3) is 0.500. The van der Waals surface area contributed by atoms with E-state index >= 15 is 0 Å². The summed E-state index contributed by atoms with van der Waals surface area (Å²) in [6, 6.07) is 9.94. The first-order valence-electron chi connectivity index (χ1n) is 5.22. The van der Waals surface area contributed by atoms with Crippen LogP contribution in [0.5, 0.6) is 5.75 Å². The van der Waals surface area contributed by atoms with Gasteiger partial charge in [0.05, 0.1) is 5.38 Å². The summed E-state index contributed by atoms with van der Waals surface area (Å²) in [5.74, 6) is 0.935. The molecule has 1 aliphatic rings. The summed E-state index contributed by atoms with van der Waals surface area (Å²) in [7, 11) is 0. The highest BCUT2D eigenvalue weighted by molar-refractivity contribution is 6.21. The SMILES string of the molecule is Cl[C@@H]1CCCC[C@H]1Oc1ccccc1. The Balaban J connectivity index is 1.96. The van der Waals surface area contributed by atoms with Crippen molar-refractivity contribution in [1.82, 2.24) is 0 Å². The third-order valence-electron chi connectivity index (χ3n) is 2.65. The van der Waals surface area contributed by atoms with Crippen LogP contribution in [0.15, 0.2) is 30.3 Å². The summed E-state index contributed by atoms with van der Waals surface area (Å²) in [4.78, 5) is 0. The van der Waals surface area contributed by atoms with Crippen LogP contribution in [0, 0.1) is 0 Å². The average molecular weight is 211 g/mol. The molecule has 2 atom stereocenters. The van der Waals surface area contributed by atoms with Crippen molar-refractivity contribution in [3.63, 3.8) is 0 Å². The second-order valence-electron chi connectivity index (χ2n) is 3.77. The van der Waals surface area contributed by atoms with E-state index in [9.17, 15) is 0 Å². The van der Waals surface area contributed by atoms with Gasteiger partial charge in [-0.3, -0.25) is 0 Å². The average Bonchev–Trinajstić information content (AvgIpc) is 2.23. The zero-order valence-electron chi connectivity index (χ0n) is 8.16. The summed E-state index contributed by atoms with van der Waals surface area (Å²) in [6.45, 7) is 0. The fourth-order valence-electron chi connectivity index (χ4n) is 1.86. The Kier molecular flexibility index (Phi) is 3.30. The lowest BCUT2D eigenvalue weighted by atomic mass is 9.97. The van der Waals surface area contributed by atoms with E-state index in [1.807, 2.05) is 30.3 Å². The van der Waals surface area contributed by atoms with Gasteiger partial charge in [0.2, 0.25) is 0 Å². The Labute approximate surface area is 90.0 Å². The van der Waals surface area contributed by atoms with Gasteiger partial charge >= 0.3 is 0 Å². The Hall–Kier alpha value is -0.690. The van der Waals surface area contributed by atoms with E-state index in [1.165, 1.54) is 12.8 Å². The lowest BCUT2D eigenvalue weighted by Gasteiger charge is -2.27. The van der Waals surface area contributed by atoms with Crippen molar-refractivity contribution in [3.05, 3.63) is 30.3 Å². The third-order valence-corrected chi connectivity index (χ3v) is 3.15. The first-order chi connectivity index (χ1) is 6.86. The zero-order valence-corrected chi connectivity index (χ0v) is 8.91. The zero-order chi connectivity index (χ0) is 9.80. The van der Waals surface area contributed by atoms with Gasteiger partial charge in [0.1, 0.15) is 11.9 Å². The predicted octanol–water partition coefficient (Wildman–Crippen LogP) is 3.62. The van der Waals surface area contributed by atoms with Crippen LogP contribution in [0.1, 0.15) is 25.7 Å². The fourth-order valence-corrected chi connectivity index (χ4v) is 2.19. The standard InChI is InChI=1S/C12H15ClO/c13-11-8-4-5-9-12(11)14-10-6-2-1-3-7-10/h1-3,6-7,11-12H,4-5,8-9H2/t11-,12-/m1/s1. The van der Waals surface area contributed by atoms with E-state index in [2.05, 4.69) is 0 Å². The lowest BCUT2D eigenvalue weighted by Crippen LogP contribution is -2.30. The highest BCUT2D eigenvalue weighted by Gasteiger charge is 2.24. The van der Waals surface area contributed by atoms with Crippen LogP contribution < -0.4 is 4.74 Å². The van der Waals surface area contributed by atoms with Crippen molar-refractivity contribution in [2.45, 2.75) is 37.2 Å². The van der Waals surface area contributed by atoms with E-state index in [4.69, 9.17) is 16.3 Å².